The Morgan fingerprint density at radius 3 is 2.50 bits per heavy atom. The minimum absolute atomic E-state index is 0.0305. The van der Waals surface area contributed by atoms with E-state index in [4.69, 9.17) is 14.6 Å². The van der Waals surface area contributed by atoms with E-state index >= 15 is 0 Å². The number of carbonyl (C=O) groups excluding carboxylic acids is 2. The average molecular weight is 384 g/mol. The van der Waals surface area contributed by atoms with Crippen molar-refractivity contribution in [2.24, 2.45) is 0 Å². The Balaban J connectivity index is 1.47. The smallest absolute Gasteiger partial charge is 0.260 e. The molecule has 1 heterocycles. The Morgan fingerprint density at radius 2 is 1.79 bits per heavy atom. The maximum Gasteiger partial charge on any atom is 0.260 e. The second kappa shape index (κ2) is 9.87. The first-order chi connectivity index (χ1) is 13.7. The molecular formula is C21H24N2O5. The molecule has 1 fully saturated rings. The highest BCUT2D eigenvalue weighted by Gasteiger charge is 2.17. The van der Waals surface area contributed by atoms with Crippen molar-refractivity contribution in [3.63, 3.8) is 0 Å². The molecule has 2 amide bonds. The van der Waals surface area contributed by atoms with Crippen LogP contribution >= 0.6 is 0 Å². The van der Waals surface area contributed by atoms with Crippen molar-refractivity contribution in [3.05, 3.63) is 65.2 Å². The van der Waals surface area contributed by atoms with Gasteiger partial charge >= 0.3 is 0 Å². The van der Waals surface area contributed by atoms with Gasteiger partial charge in [-0.15, -0.1) is 0 Å². The summed E-state index contributed by atoms with van der Waals surface area (Å²) in [4.78, 5) is 26.1. The molecule has 148 valence electrons. The Morgan fingerprint density at radius 1 is 1.07 bits per heavy atom. The van der Waals surface area contributed by atoms with Gasteiger partial charge in [-0.1, -0.05) is 24.3 Å². The van der Waals surface area contributed by atoms with Crippen LogP contribution in [0.25, 0.3) is 0 Å². The Hall–Kier alpha value is -2.90. The van der Waals surface area contributed by atoms with E-state index in [9.17, 15) is 9.59 Å². The molecule has 0 unspecified atom stereocenters. The van der Waals surface area contributed by atoms with Crippen molar-refractivity contribution < 1.29 is 24.2 Å². The van der Waals surface area contributed by atoms with Crippen LogP contribution in [-0.2, 0) is 22.7 Å². The van der Waals surface area contributed by atoms with Crippen LogP contribution in [0.1, 0.15) is 21.5 Å². The number of benzene rings is 2. The number of morpholine rings is 1. The summed E-state index contributed by atoms with van der Waals surface area (Å²) in [7, 11) is 0. The van der Waals surface area contributed by atoms with Gasteiger partial charge < -0.3 is 24.8 Å². The first kappa shape index (κ1) is 19.9. The normalized spacial score (nSPS) is 13.8. The van der Waals surface area contributed by atoms with E-state index in [0.29, 0.717) is 44.2 Å². The molecule has 0 spiro atoms. The lowest BCUT2D eigenvalue weighted by Gasteiger charge is -2.26. The average Bonchev–Trinajstić information content (AvgIpc) is 2.77. The SMILES string of the molecule is O=C(NCc1cccc(CO)c1)c1ccc(OCC(=O)N2CCOCC2)cc1. The number of hydrogen-bond donors (Lipinski definition) is 2. The van der Waals surface area contributed by atoms with Crippen molar-refractivity contribution in [1.82, 2.24) is 10.2 Å². The van der Waals surface area contributed by atoms with Gasteiger partial charge in [-0.05, 0) is 35.4 Å². The van der Waals surface area contributed by atoms with Gasteiger partial charge in [0.05, 0.1) is 19.8 Å². The molecular weight excluding hydrogens is 360 g/mol. The van der Waals surface area contributed by atoms with E-state index in [1.807, 2.05) is 24.3 Å². The summed E-state index contributed by atoms with van der Waals surface area (Å²) in [6.07, 6.45) is 0. The van der Waals surface area contributed by atoms with E-state index < -0.39 is 0 Å². The summed E-state index contributed by atoms with van der Waals surface area (Å²) in [5.74, 6) is 0.259. The molecule has 2 N–H and O–H groups in total. The number of amides is 2. The van der Waals surface area contributed by atoms with Crippen molar-refractivity contribution in [1.29, 1.82) is 0 Å². The van der Waals surface area contributed by atoms with E-state index in [0.717, 1.165) is 11.1 Å². The highest BCUT2D eigenvalue weighted by atomic mass is 16.5. The number of nitrogens with zero attached hydrogens (tertiary/aromatic N) is 1. The second-order valence-electron chi connectivity index (χ2n) is 6.47. The van der Waals surface area contributed by atoms with Gasteiger partial charge in [-0.2, -0.15) is 0 Å². The summed E-state index contributed by atoms with van der Waals surface area (Å²) < 4.78 is 10.7. The number of carbonyl (C=O) groups is 2. The first-order valence-electron chi connectivity index (χ1n) is 9.21. The van der Waals surface area contributed by atoms with E-state index in [1.165, 1.54) is 0 Å². The van der Waals surface area contributed by atoms with Crippen molar-refractivity contribution >= 4 is 11.8 Å². The number of hydrogen-bond acceptors (Lipinski definition) is 5. The molecule has 1 aliphatic heterocycles. The molecule has 1 aliphatic rings. The molecule has 0 aliphatic carbocycles. The van der Waals surface area contributed by atoms with Gasteiger partial charge in [-0.25, -0.2) is 0 Å². The Kier molecular flexibility index (Phi) is 7.00. The van der Waals surface area contributed by atoms with Crippen LogP contribution in [0.5, 0.6) is 5.75 Å². The number of nitrogens with one attached hydrogen (secondary N) is 1. The summed E-state index contributed by atoms with van der Waals surface area (Å²) in [6, 6.07) is 14.1. The van der Waals surface area contributed by atoms with Crippen LogP contribution in [0.15, 0.2) is 48.5 Å². The molecule has 0 saturated carbocycles. The van der Waals surface area contributed by atoms with Crippen LogP contribution < -0.4 is 10.1 Å². The zero-order chi connectivity index (χ0) is 19.8. The van der Waals surface area contributed by atoms with E-state index in [2.05, 4.69) is 5.32 Å². The zero-order valence-electron chi connectivity index (χ0n) is 15.6. The molecule has 0 atom stereocenters. The topological polar surface area (TPSA) is 88.1 Å². The highest BCUT2D eigenvalue weighted by molar-refractivity contribution is 5.94. The molecule has 0 radical (unpaired) electrons. The van der Waals surface area contributed by atoms with Gasteiger partial charge in [0.15, 0.2) is 6.61 Å². The summed E-state index contributed by atoms with van der Waals surface area (Å²) in [6.45, 7) is 2.59. The molecule has 28 heavy (non-hydrogen) atoms. The standard InChI is InChI=1S/C21H24N2O5/c24-14-17-3-1-2-16(12-17)13-22-21(26)18-4-6-19(7-5-18)28-15-20(25)23-8-10-27-11-9-23/h1-7,12,24H,8-11,13-15H2,(H,22,26). The number of aliphatic hydroxyl groups excluding tert-OH is 1. The van der Waals surface area contributed by atoms with Gasteiger partial charge in [0.25, 0.3) is 11.8 Å². The summed E-state index contributed by atoms with van der Waals surface area (Å²) in [5, 5.41) is 12.0. The van der Waals surface area contributed by atoms with Gasteiger partial charge in [0.1, 0.15) is 5.75 Å². The zero-order valence-corrected chi connectivity index (χ0v) is 15.6. The molecule has 3 rings (SSSR count). The fraction of sp³-hybridized carbons (Fsp3) is 0.333. The van der Waals surface area contributed by atoms with Crippen LogP contribution in [0.4, 0.5) is 0 Å². The fourth-order valence-electron chi connectivity index (χ4n) is 2.87. The molecule has 0 aromatic heterocycles. The quantitative estimate of drug-likeness (QED) is 0.752. The lowest BCUT2D eigenvalue weighted by molar-refractivity contribution is -0.137. The van der Waals surface area contributed by atoms with E-state index in [-0.39, 0.29) is 25.0 Å². The number of aliphatic hydroxyl groups is 1. The lowest BCUT2D eigenvalue weighted by atomic mass is 10.1. The summed E-state index contributed by atoms with van der Waals surface area (Å²) >= 11 is 0. The van der Waals surface area contributed by atoms with Gasteiger partial charge in [0.2, 0.25) is 0 Å². The van der Waals surface area contributed by atoms with Crippen LogP contribution in [0.3, 0.4) is 0 Å². The third-order valence-electron chi connectivity index (χ3n) is 4.47. The third-order valence-corrected chi connectivity index (χ3v) is 4.47. The molecule has 0 bridgehead atoms. The monoisotopic (exact) mass is 384 g/mol. The molecule has 1 saturated heterocycles. The predicted molar refractivity (Wildman–Crippen MR) is 103 cm³/mol. The van der Waals surface area contributed by atoms with Crippen LogP contribution in [-0.4, -0.2) is 54.7 Å². The Labute approximate surface area is 163 Å². The molecule has 7 nitrogen and oxygen atoms in total. The van der Waals surface area contributed by atoms with Crippen molar-refractivity contribution in [2.45, 2.75) is 13.2 Å². The summed E-state index contributed by atoms with van der Waals surface area (Å²) in [5.41, 5.74) is 2.23. The molecule has 7 heteroatoms. The van der Waals surface area contributed by atoms with Crippen LogP contribution in [0.2, 0.25) is 0 Å². The highest BCUT2D eigenvalue weighted by Crippen LogP contribution is 2.13. The number of ether oxygens (including phenoxy) is 2. The third kappa shape index (κ3) is 5.55. The largest absolute Gasteiger partial charge is 0.484 e. The fourth-order valence-corrected chi connectivity index (χ4v) is 2.87. The van der Waals surface area contributed by atoms with Gasteiger partial charge in [0, 0.05) is 25.2 Å². The minimum Gasteiger partial charge on any atom is -0.484 e. The molecule has 2 aromatic carbocycles. The van der Waals surface area contributed by atoms with Crippen molar-refractivity contribution in [3.8, 4) is 5.75 Å². The lowest BCUT2D eigenvalue weighted by Crippen LogP contribution is -2.42. The van der Waals surface area contributed by atoms with E-state index in [1.54, 1.807) is 29.2 Å². The predicted octanol–water partition coefficient (Wildman–Crippen LogP) is 1.35. The Bertz CT molecular complexity index is 801. The first-order valence-corrected chi connectivity index (χ1v) is 9.21. The molecule has 2 aromatic rings. The maximum atomic E-state index is 12.3. The second-order valence-corrected chi connectivity index (χ2v) is 6.47. The number of rotatable bonds is 7. The van der Waals surface area contributed by atoms with Gasteiger partial charge in [-0.3, -0.25) is 9.59 Å². The minimum atomic E-state index is -0.203. The maximum absolute atomic E-state index is 12.3. The van der Waals surface area contributed by atoms with Crippen LogP contribution in [0, 0.1) is 0 Å². The van der Waals surface area contributed by atoms with Crippen molar-refractivity contribution in [2.75, 3.05) is 32.9 Å².